The first kappa shape index (κ1) is 15.0. The average molecular weight is 376 g/mol. The summed E-state index contributed by atoms with van der Waals surface area (Å²) in [5.41, 5.74) is 1.52. The van der Waals surface area contributed by atoms with Crippen LogP contribution in [0.15, 0.2) is 58.6 Å². The minimum Gasteiger partial charge on any atom is -0.336 e. The van der Waals surface area contributed by atoms with Gasteiger partial charge in [0.1, 0.15) is 0 Å². The fourth-order valence-corrected chi connectivity index (χ4v) is 3.65. The molecular formula is C16H14BrN3OS. The SMILES string of the molecule is CN(Cc1ccc(Br)s1)C(=O)c1cnn(-c2ccccc2)c1. The second-order valence-corrected chi connectivity index (χ2v) is 7.42. The Morgan fingerprint density at radius 1 is 1.27 bits per heavy atom. The molecule has 0 bridgehead atoms. The molecule has 4 nitrogen and oxygen atoms in total. The lowest BCUT2D eigenvalue weighted by molar-refractivity contribution is 0.0786. The van der Waals surface area contributed by atoms with Crippen molar-refractivity contribution in [3.63, 3.8) is 0 Å². The van der Waals surface area contributed by atoms with Gasteiger partial charge in [-0.25, -0.2) is 4.68 Å². The van der Waals surface area contributed by atoms with Gasteiger partial charge in [0.25, 0.3) is 5.91 Å². The minimum absolute atomic E-state index is 0.0355. The molecule has 2 aromatic heterocycles. The number of para-hydroxylation sites is 1. The number of carbonyl (C=O) groups is 1. The third-order valence-electron chi connectivity index (χ3n) is 3.22. The van der Waals surface area contributed by atoms with E-state index in [1.54, 1.807) is 40.4 Å². The molecule has 0 saturated carbocycles. The van der Waals surface area contributed by atoms with Crippen molar-refractivity contribution in [2.24, 2.45) is 0 Å². The Kier molecular flexibility index (Phi) is 4.40. The number of hydrogen-bond acceptors (Lipinski definition) is 3. The number of benzene rings is 1. The van der Waals surface area contributed by atoms with Gasteiger partial charge >= 0.3 is 0 Å². The van der Waals surface area contributed by atoms with Gasteiger partial charge in [-0.05, 0) is 40.2 Å². The maximum atomic E-state index is 12.5. The van der Waals surface area contributed by atoms with Crippen molar-refractivity contribution in [1.82, 2.24) is 14.7 Å². The third kappa shape index (κ3) is 3.28. The molecule has 0 aliphatic rings. The monoisotopic (exact) mass is 375 g/mol. The number of hydrogen-bond donors (Lipinski definition) is 0. The molecule has 0 radical (unpaired) electrons. The molecule has 112 valence electrons. The molecule has 0 aliphatic carbocycles. The molecular weight excluding hydrogens is 362 g/mol. The largest absolute Gasteiger partial charge is 0.336 e. The van der Waals surface area contributed by atoms with Crippen molar-refractivity contribution in [1.29, 1.82) is 0 Å². The number of aromatic nitrogens is 2. The second-order valence-electron chi connectivity index (χ2n) is 4.88. The number of thiophene rings is 1. The zero-order valence-corrected chi connectivity index (χ0v) is 14.3. The second kappa shape index (κ2) is 6.46. The standard InChI is InChI=1S/C16H14BrN3OS/c1-19(11-14-7-8-15(17)22-14)16(21)12-9-18-20(10-12)13-5-3-2-4-6-13/h2-10H,11H2,1H3. The van der Waals surface area contributed by atoms with E-state index in [1.165, 1.54) is 0 Å². The summed E-state index contributed by atoms with van der Waals surface area (Å²) >= 11 is 5.07. The van der Waals surface area contributed by atoms with Gasteiger partial charge in [-0.3, -0.25) is 4.79 Å². The predicted molar refractivity (Wildman–Crippen MR) is 91.4 cm³/mol. The summed E-state index contributed by atoms with van der Waals surface area (Å²) in [5, 5.41) is 4.27. The third-order valence-corrected chi connectivity index (χ3v) is 4.83. The normalized spacial score (nSPS) is 10.6. The minimum atomic E-state index is -0.0355. The van der Waals surface area contributed by atoms with Crippen molar-refractivity contribution >= 4 is 33.2 Å². The molecule has 0 spiro atoms. The highest BCUT2D eigenvalue weighted by molar-refractivity contribution is 9.11. The maximum Gasteiger partial charge on any atom is 0.257 e. The lowest BCUT2D eigenvalue weighted by Crippen LogP contribution is -2.25. The zero-order chi connectivity index (χ0) is 15.5. The Labute approximate surface area is 141 Å². The predicted octanol–water partition coefficient (Wildman–Crippen LogP) is 3.97. The topological polar surface area (TPSA) is 38.1 Å². The van der Waals surface area contributed by atoms with Crippen molar-refractivity contribution in [3.05, 3.63) is 69.1 Å². The van der Waals surface area contributed by atoms with Crippen LogP contribution in [-0.2, 0) is 6.54 Å². The van der Waals surface area contributed by atoms with Gasteiger partial charge < -0.3 is 4.90 Å². The Morgan fingerprint density at radius 2 is 2.05 bits per heavy atom. The van der Waals surface area contributed by atoms with E-state index < -0.39 is 0 Å². The van der Waals surface area contributed by atoms with E-state index in [9.17, 15) is 4.79 Å². The number of carbonyl (C=O) groups excluding carboxylic acids is 1. The summed E-state index contributed by atoms with van der Waals surface area (Å²) in [7, 11) is 1.80. The fourth-order valence-electron chi connectivity index (χ4n) is 2.12. The van der Waals surface area contributed by atoms with E-state index in [2.05, 4.69) is 21.0 Å². The first-order chi connectivity index (χ1) is 10.6. The van der Waals surface area contributed by atoms with Gasteiger partial charge in [0.2, 0.25) is 0 Å². The molecule has 1 aromatic carbocycles. The van der Waals surface area contributed by atoms with E-state index in [-0.39, 0.29) is 5.91 Å². The maximum absolute atomic E-state index is 12.5. The van der Waals surface area contributed by atoms with Crippen LogP contribution in [-0.4, -0.2) is 27.6 Å². The summed E-state index contributed by atoms with van der Waals surface area (Å²) in [6.45, 7) is 0.589. The van der Waals surface area contributed by atoms with Crippen LogP contribution in [0.3, 0.4) is 0 Å². The highest BCUT2D eigenvalue weighted by atomic mass is 79.9. The van der Waals surface area contributed by atoms with E-state index in [0.29, 0.717) is 12.1 Å². The number of rotatable bonds is 4. The quantitative estimate of drug-likeness (QED) is 0.691. The molecule has 0 N–H and O–H groups in total. The molecule has 6 heteroatoms. The summed E-state index contributed by atoms with van der Waals surface area (Å²) in [6.07, 6.45) is 3.37. The van der Waals surface area contributed by atoms with Gasteiger partial charge in [0.05, 0.1) is 27.8 Å². The van der Waals surface area contributed by atoms with Gasteiger partial charge in [-0.1, -0.05) is 18.2 Å². The smallest absolute Gasteiger partial charge is 0.257 e. The number of nitrogens with zero attached hydrogens (tertiary/aromatic N) is 3. The van der Waals surface area contributed by atoms with Crippen LogP contribution in [0.5, 0.6) is 0 Å². The molecule has 0 saturated heterocycles. The van der Waals surface area contributed by atoms with Crippen LogP contribution in [0.2, 0.25) is 0 Å². The van der Waals surface area contributed by atoms with Crippen LogP contribution in [0.4, 0.5) is 0 Å². The van der Waals surface area contributed by atoms with Crippen LogP contribution < -0.4 is 0 Å². The lowest BCUT2D eigenvalue weighted by Gasteiger charge is -2.14. The summed E-state index contributed by atoms with van der Waals surface area (Å²) in [6, 6.07) is 13.8. The zero-order valence-electron chi connectivity index (χ0n) is 11.9. The Bertz CT molecular complexity index is 782. The van der Waals surface area contributed by atoms with Crippen LogP contribution >= 0.6 is 27.3 Å². The van der Waals surface area contributed by atoms with Crippen LogP contribution in [0.1, 0.15) is 15.2 Å². The molecule has 22 heavy (non-hydrogen) atoms. The average Bonchev–Trinajstić information content (AvgIpc) is 3.17. The van der Waals surface area contributed by atoms with E-state index in [1.807, 2.05) is 42.5 Å². The van der Waals surface area contributed by atoms with E-state index in [0.717, 1.165) is 14.4 Å². The first-order valence-electron chi connectivity index (χ1n) is 6.73. The molecule has 0 atom stereocenters. The van der Waals surface area contributed by atoms with Gasteiger partial charge in [-0.2, -0.15) is 5.10 Å². The molecule has 3 aromatic rings. The van der Waals surface area contributed by atoms with Crippen molar-refractivity contribution < 1.29 is 4.79 Å². The molecule has 3 rings (SSSR count). The fraction of sp³-hybridized carbons (Fsp3) is 0.125. The van der Waals surface area contributed by atoms with E-state index in [4.69, 9.17) is 0 Å². The Balaban J connectivity index is 1.74. The Hall–Kier alpha value is -1.92. The summed E-state index contributed by atoms with van der Waals surface area (Å²) in [5.74, 6) is -0.0355. The summed E-state index contributed by atoms with van der Waals surface area (Å²) in [4.78, 5) is 15.3. The van der Waals surface area contributed by atoms with Crippen molar-refractivity contribution in [2.45, 2.75) is 6.54 Å². The van der Waals surface area contributed by atoms with Crippen LogP contribution in [0, 0.1) is 0 Å². The molecule has 0 aliphatic heterocycles. The van der Waals surface area contributed by atoms with Crippen molar-refractivity contribution in [3.8, 4) is 5.69 Å². The first-order valence-corrected chi connectivity index (χ1v) is 8.34. The van der Waals surface area contributed by atoms with Crippen LogP contribution in [0.25, 0.3) is 5.69 Å². The van der Waals surface area contributed by atoms with E-state index >= 15 is 0 Å². The van der Waals surface area contributed by atoms with Crippen molar-refractivity contribution in [2.75, 3.05) is 7.05 Å². The number of halogens is 1. The lowest BCUT2D eigenvalue weighted by atomic mass is 10.3. The molecule has 0 unspecified atom stereocenters. The highest BCUT2D eigenvalue weighted by Crippen LogP contribution is 2.23. The van der Waals surface area contributed by atoms with Gasteiger partial charge in [0, 0.05) is 18.1 Å². The highest BCUT2D eigenvalue weighted by Gasteiger charge is 2.15. The number of amides is 1. The molecule has 0 fully saturated rings. The van der Waals surface area contributed by atoms with Gasteiger partial charge in [-0.15, -0.1) is 11.3 Å². The molecule has 1 amide bonds. The summed E-state index contributed by atoms with van der Waals surface area (Å²) < 4.78 is 2.78. The molecule has 2 heterocycles. The van der Waals surface area contributed by atoms with Gasteiger partial charge in [0.15, 0.2) is 0 Å². The Morgan fingerprint density at radius 3 is 2.73 bits per heavy atom.